The van der Waals surface area contributed by atoms with Crippen LogP contribution >= 0.6 is 0 Å². The Labute approximate surface area is 147 Å². The van der Waals surface area contributed by atoms with E-state index in [4.69, 9.17) is 4.42 Å². The molecule has 3 aromatic rings. The van der Waals surface area contributed by atoms with Crippen LogP contribution in [0.25, 0.3) is 0 Å². The molecule has 0 aliphatic rings. The molecule has 128 valence electrons. The third-order valence-corrected chi connectivity index (χ3v) is 3.94. The molecule has 0 saturated carbocycles. The van der Waals surface area contributed by atoms with Crippen molar-refractivity contribution in [2.24, 2.45) is 0 Å². The van der Waals surface area contributed by atoms with Gasteiger partial charge >= 0.3 is 0 Å². The summed E-state index contributed by atoms with van der Waals surface area (Å²) in [4.78, 5) is 16.3. The zero-order valence-electron chi connectivity index (χ0n) is 14.5. The van der Waals surface area contributed by atoms with E-state index in [1.54, 1.807) is 13.8 Å². The lowest BCUT2D eigenvalue weighted by Gasteiger charge is -2.16. The number of rotatable bonds is 5. The van der Waals surface area contributed by atoms with Crippen LogP contribution in [0.2, 0.25) is 0 Å². The largest absolute Gasteiger partial charge is 0.436 e. The van der Waals surface area contributed by atoms with E-state index in [2.05, 4.69) is 34.7 Å². The molecule has 25 heavy (non-hydrogen) atoms. The van der Waals surface area contributed by atoms with Crippen LogP contribution in [-0.4, -0.2) is 10.9 Å². The predicted molar refractivity (Wildman–Crippen MR) is 98.9 cm³/mol. The number of carbonyl (C=O) groups excluding carboxylic acids is 1. The summed E-state index contributed by atoms with van der Waals surface area (Å²) in [7, 11) is 0. The van der Waals surface area contributed by atoms with Crippen molar-refractivity contribution in [2.75, 3.05) is 10.6 Å². The summed E-state index contributed by atoms with van der Waals surface area (Å²) < 4.78 is 5.34. The third kappa shape index (κ3) is 4.07. The fraction of sp³-hybridized carbons (Fsp3) is 0.200. The smallest absolute Gasteiger partial charge is 0.293 e. The highest BCUT2D eigenvalue weighted by atomic mass is 16.4. The summed E-state index contributed by atoms with van der Waals surface area (Å²) >= 11 is 0. The van der Waals surface area contributed by atoms with Gasteiger partial charge in [0, 0.05) is 24.3 Å². The second kappa shape index (κ2) is 7.21. The monoisotopic (exact) mass is 335 g/mol. The lowest BCUT2D eigenvalue weighted by Crippen LogP contribution is -2.12. The van der Waals surface area contributed by atoms with E-state index in [1.807, 2.05) is 42.5 Å². The van der Waals surface area contributed by atoms with Crippen molar-refractivity contribution in [3.05, 3.63) is 77.5 Å². The highest BCUT2D eigenvalue weighted by Crippen LogP contribution is 2.21. The van der Waals surface area contributed by atoms with Crippen LogP contribution in [-0.2, 0) is 0 Å². The van der Waals surface area contributed by atoms with Crippen molar-refractivity contribution in [3.8, 4) is 0 Å². The number of nitrogens with one attached hydrogen (secondary N) is 2. The Bertz CT molecular complexity index is 854. The van der Waals surface area contributed by atoms with Gasteiger partial charge in [-0.05, 0) is 43.7 Å². The molecule has 0 spiro atoms. The van der Waals surface area contributed by atoms with Gasteiger partial charge in [-0.2, -0.15) is 0 Å². The summed E-state index contributed by atoms with van der Waals surface area (Å²) in [5.74, 6) is 0.436. The molecule has 0 saturated heterocycles. The SMILES string of the molecule is Cc1nc(C)c(C(=O)Nc2ccc(N[C@@H](C)c3ccccc3)cc2)o1. The van der Waals surface area contributed by atoms with E-state index >= 15 is 0 Å². The minimum atomic E-state index is -0.295. The van der Waals surface area contributed by atoms with Crippen molar-refractivity contribution < 1.29 is 9.21 Å². The van der Waals surface area contributed by atoms with Crippen LogP contribution < -0.4 is 10.6 Å². The van der Waals surface area contributed by atoms with Crippen LogP contribution in [0.5, 0.6) is 0 Å². The molecule has 0 aliphatic heterocycles. The summed E-state index contributed by atoms with van der Waals surface area (Å²) in [5, 5.41) is 6.27. The molecule has 1 aromatic heterocycles. The summed E-state index contributed by atoms with van der Waals surface area (Å²) in [6.45, 7) is 5.58. The Hall–Kier alpha value is -3.08. The number of benzene rings is 2. The molecule has 2 N–H and O–H groups in total. The molecule has 2 aromatic carbocycles. The van der Waals surface area contributed by atoms with Gasteiger partial charge in [0.15, 0.2) is 5.89 Å². The molecule has 1 heterocycles. The van der Waals surface area contributed by atoms with Gasteiger partial charge < -0.3 is 15.1 Å². The molecular formula is C20H21N3O2. The van der Waals surface area contributed by atoms with Gasteiger partial charge in [-0.1, -0.05) is 30.3 Å². The van der Waals surface area contributed by atoms with E-state index < -0.39 is 0 Å². The Morgan fingerprint density at radius 1 is 1.00 bits per heavy atom. The normalized spacial score (nSPS) is 11.8. The van der Waals surface area contributed by atoms with Crippen LogP contribution in [0.4, 0.5) is 11.4 Å². The number of aryl methyl sites for hydroxylation is 2. The summed E-state index contributed by atoms with van der Waals surface area (Å²) in [6, 6.07) is 18.0. The number of carbonyl (C=O) groups is 1. The first-order valence-electron chi connectivity index (χ1n) is 8.20. The quantitative estimate of drug-likeness (QED) is 0.708. The van der Waals surface area contributed by atoms with E-state index in [1.165, 1.54) is 5.56 Å². The zero-order valence-corrected chi connectivity index (χ0v) is 14.5. The Morgan fingerprint density at radius 3 is 2.24 bits per heavy atom. The van der Waals surface area contributed by atoms with Gasteiger partial charge in [-0.3, -0.25) is 4.79 Å². The molecule has 1 amide bonds. The molecule has 0 bridgehead atoms. The number of nitrogens with zero attached hydrogens (tertiary/aromatic N) is 1. The van der Waals surface area contributed by atoms with Crippen LogP contribution in [0.1, 0.15) is 40.7 Å². The highest BCUT2D eigenvalue weighted by Gasteiger charge is 2.16. The number of anilines is 2. The molecule has 0 radical (unpaired) electrons. The first kappa shape index (κ1) is 16.8. The molecule has 3 rings (SSSR count). The average molecular weight is 335 g/mol. The molecule has 1 atom stereocenters. The number of hydrogen-bond donors (Lipinski definition) is 2. The molecule has 5 nitrogen and oxygen atoms in total. The maximum Gasteiger partial charge on any atom is 0.293 e. The number of oxazole rings is 1. The number of aromatic nitrogens is 1. The van der Waals surface area contributed by atoms with Crippen molar-refractivity contribution in [1.29, 1.82) is 0 Å². The maximum atomic E-state index is 12.2. The minimum absolute atomic E-state index is 0.196. The fourth-order valence-corrected chi connectivity index (χ4v) is 2.65. The maximum absolute atomic E-state index is 12.2. The minimum Gasteiger partial charge on any atom is -0.436 e. The van der Waals surface area contributed by atoms with E-state index in [9.17, 15) is 4.79 Å². The van der Waals surface area contributed by atoms with Crippen LogP contribution in [0, 0.1) is 13.8 Å². The number of hydrogen-bond acceptors (Lipinski definition) is 4. The highest BCUT2D eigenvalue weighted by molar-refractivity contribution is 6.03. The van der Waals surface area contributed by atoms with Gasteiger partial charge in [0.25, 0.3) is 5.91 Å². The number of amides is 1. The average Bonchev–Trinajstić information content (AvgIpc) is 2.96. The van der Waals surface area contributed by atoms with Gasteiger partial charge in [0.1, 0.15) is 0 Å². The zero-order chi connectivity index (χ0) is 17.8. The Balaban J connectivity index is 1.64. The standard InChI is InChI=1S/C20H21N3O2/c1-13(16-7-5-4-6-8-16)22-17-9-11-18(12-10-17)23-20(24)19-14(2)21-15(3)25-19/h4-13,22H,1-3H3,(H,23,24)/t13-/m0/s1. The Kier molecular flexibility index (Phi) is 4.84. The van der Waals surface area contributed by atoms with Gasteiger partial charge in [-0.25, -0.2) is 4.98 Å². The van der Waals surface area contributed by atoms with E-state index in [0.717, 1.165) is 5.69 Å². The van der Waals surface area contributed by atoms with Crippen molar-refractivity contribution in [2.45, 2.75) is 26.8 Å². The van der Waals surface area contributed by atoms with Crippen molar-refractivity contribution in [1.82, 2.24) is 4.98 Å². The van der Waals surface area contributed by atoms with Crippen LogP contribution in [0.3, 0.4) is 0 Å². The first-order valence-corrected chi connectivity index (χ1v) is 8.20. The second-order valence-electron chi connectivity index (χ2n) is 5.96. The Morgan fingerprint density at radius 2 is 1.64 bits per heavy atom. The van der Waals surface area contributed by atoms with Crippen molar-refractivity contribution >= 4 is 17.3 Å². The second-order valence-corrected chi connectivity index (χ2v) is 5.96. The topological polar surface area (TPSA) is 67.2 Å². The van der Waals surface area contributed by atoms with Gasteiger partial charge in [-0.15, -0.1) is 0 Å². The van der Waals surface area contributed by atoms with Gasteiger partial charge in [0.05, 0.1) is 5.69 Å². The molecule has 5 heteroatoms. The summed E-state index contributed by atoms with van der Waals surface area (Å²) in [5.41, 5.74) is 3.50. The molecule has 0 unspecified atom stereocenters. The lowest BCUT2D eigenvalue weighted by molar-refractivity contribution is 0.0994. The third-order valence-electron chi connectivity index (χ3n) is 3.94. The molecule has 0 fully saturated rings. The van der Waals surface area contributed by atoms with Crippen LogP contribution in [0.15, 0.2) is 59.0 Å². The van der Waals surface area contributed by atoms with E-state index in [-0.39, 0.29) is 17.7 Å². The molecule has 0 aliphatic carbocycles. The molecular weight excluding hydrogens is 314 g/mol. The summed E-state index contributed by atoms with van der Waals surface area (Å²) in [6.07, 6.45) is 0. The lowest BCUT2D eigenvalue weighted by atomic mass is 10.1. The fourth-order valence-electron chi connectivity index (χ4n) is 2.65. The first-order chi connectivity index (χ1) is 12.0. The predicted octanol–water partition coefficient (Wildman–Crippen LogP) is 4.72. The van der Waals surface area contributed by atoms with Crippen molar-refractivity contribution in [3.63, 3.8) is 0 Å². The van der Waals surface area contributed by atoms with E-state index in [0.29, 0.717) is 17.3 Å². The van der Waals surface area contributed by atoms with Gasteiger partial charge in [0.2, 0.25) is 5.76 Å².